The van der Waals surface area contributed by atoms with Crippen LogP contribution in [0.5, 0.6) is 0 Å². The van der Waals surface area contributed by atoms with Crippen LogP contribution in [0.1, 0.15) is 25.0 Å². The number of pyridine rings is 1. The molecule has 0 spiro atoms. The Labute approximate surface area is 128 Å². The van der Waals surface area contributed by atoms with Crippen LogP contribution in [0.4, 0.5) is 0 Å². The molecule has 0 amide bonds. The molecule has 1 aromatic carbocycles. The Morgan fingerprint density at radius 1 is 1.18 bits per heavy atom. The first-order valence-corrected chi connectivity index (χ1v) is 6.76. The lowest BCUT2D eigenvalue weighted by Gasteiger charge is -2.26. The Hall–Kier alpha value is -2.87. The molecule has 5 nitrogen and oxygen atoms in total. The monoisotopic (exact) mass is 296 g/mol. The van der Waals surface area contributed by atoms with E-state index >= 15 is 0 Å². The van der Waals surface area contributed by atoms with Gasteiger partial charge in [-0.3, -0.25) is 9.36 Å². The molecule has 0 saturated heterocycles. The number of aliphatic carboxylic acids is 1. The van der Waals surface area contributed by atoms with Crippen LogP contribution in [-0.4, -0.2) is 15.6 Å². The van der Waals surface area contributed by atoms with E-state index in [1.807, 2.05) is 37.3 Å². The number of hydrogen-bond acceptors (Lipinski definition) is 3. The number of nitriles is 1. The van der Waals surface area contributed by atoms with Crippen molar-refractivity contribution in [1.29, 1.82) is 5.26 Å². The van der Waals surface area contributed by atoms with Crippen molar-refractivity contribution in [3.8, 4) is 17.3 Å². The highest BCUT2D eigenvalue weighted by Crippen LogP contribution is 2.25. The molecule has 0 atom stereocenters. The summed E-state index contributed by atoms with van der Waals surface area (Å²) in [5.41, 5.74) is 0.101. The summed E-state index contributed by atoms with van der Waals surface area (Å²) in [5, 5.41) is 18.5. The molecule has 0 aliphatic carbocycles. The van der Waals surface area contributed by atoms with Gasteiger partial charge in [-0.05, 0) is 38.5 Å². The second-order valence-corrected chi connectivity index (χ2v) is 5.61. The third-order valence-corrected chi connectivity index (χ3v) is 3.63. The van der Waals surface area contributed by atoms with Crippen molar-refractivity contribution in [2.75, 3.05) is 0 Å². The van der Waals surface area contributed by atoms with Crippen molar-refractivity contribution >= 4 is 5.97 Å². The van der Waals surface area contributed by atoms with E-state index in [1.54, 1.807) is 6.07 Å². The number of nitrogens with zero attached hydrogens (tertiary/aromatic N) is 2. The summed E-state index contributed by atoms with van der Waals surface area (Å²) in [4.78, 5) is 24.1. The Morgan fingerprint density at radius 3 is 2.27 bits per heavy atom. The normalized spacial score (nSPS) is 11.0. The number of rotatable bonds is 3. The molecule has 112 valence electrons. The SMILES string of the molecule is Cc1ccc(-c2ccc(C#N)c(=O)n2C(C)(C)C(=O)O)cc1. The third-order valence-electron chi connectivity index (χ3n) is 3.63. The van der Waals surface area contributed by atoms with Crippen LogP contribution in [0, 0.1) is 18.3 Å². The quantitative estimate of drug-likeness (QED) is 0.943. The molecule has 0 aliphatic rings. The predicted octanol–water partition coefficient (Wildman–Crippen LogP) is 2.52. The molecule has 2 aromatic rings. The van der Waals surface area contributed by atoms with Crippen LogP contribution >= 0.6 is 0 Å². The molecule has 5 heteroatoms. The molecule has 0 saturated carbocycles. The van der Waals surface area contributed by atoms with Crippen molar-refractivity contribution in [2.24, 2.45) is 0 Å². The van der Waals surface area contributed by atoms with Crippen LogP contribution in [0.3, 0.4) is 0 Å². The molecule has 1 aromatic heterocycles. The van der Waals surface area contributed by atoms with E-state index in [1.165, 1.54) is 24.5 Å². The molecule has 0 fully saturated rings. The van der Waals surface area contributed by atoms with Gasteiger partial charge < -0.3 is 5.11 Å². The van der Waals surface area contributed by atoms with Crippen LogP contribution in [0.2, 0.25) is 0 Å². The maximum atomic E-state index is 12.5. The highest BCUT2D eigenvalue weighted by Gasteiger charge is 2.33. The molecule has 0 bridgehead atoms. The fourth-order valence-corrected chi connectivity index (χ4v) is 2.22. The van der Waals surface area contributed by atoms with E-state index in [0.29, 0.717) is 5.69 Å². The third kappa shape index (κ3) is 2.51. The molecule has 1 heterocycles. The summed E-state index contributed by atoms with van der Waals surface area (Å²) in [5.74, 6) is -1.14. The lowest BCUT2D eigenvalue weighted by atomic mass is 10.0. The number of aromatic nitrogens is 1. The minimum atomic E-state index is -1.47. The van der Waals surface area contributed by atoms with E-state index in [0.717, 1.165) is 11.1 Å². The van der Waals surface area contributed by atoms with E-state index in [9.17, 15) is 14.7 Å². The smallest absolute Gasteiger partial charge is 0.329 e. The molecule has 0 aliphatic heterocycles. The lowest BCUT2D eigenvalue weighted by Crippen LogP contribution is -2.44. The average Bonchev–Trinajstić information content (AvgIpc) is 2.47. The Balaban J connectivity index is 2.84. The largest absolute Gasteiger partial charge is 0.480 e. The minimum Gasteiger partial charge on any atom is -0.480 e. The molecule has 2 rings (SSSR count). The van der Waals surface area contributed by atoms with Crippen molar-refractivity contribution in [3.63, 3.8) is 0 Å². The maximum absolute atomic E-state index is 12.5. The zero-order valence-electron chi connectivity index (χ0n) is 12.6. The van der Waals surface area contributed by atoms with E-state index < -0.39 is 17.1 Å². The van der Waals surface area contributed by atoms with Gasteiger partial charge in [0, 0.05) is 0 Å². The van der Waals surface area contributed by atoms with Gasteiger partial charge in [0.2, 0.25) is 0 Å². The molecule has 0 radical (unpaired) electrons. The summed E-state index contributed by atoms with van der Waals surface area (Å²) in [6, 6.07) is 12.3. The highest BCUT2D eigenvalue weighted by molar-refractivity contribution is 5.77. The zero-order chi connectivity index (χ0) is 16.5. The Kier molecular flexibility index (Phi) is 3.87. The zero-order valence-corrected chi connectivity index (χ0v) is 12.6. The highest BCUT2D eigenvalue weighted by atomic mass is 16.4. The van der Waals surface area contributed by atoms with E-state index in [-0.39, 0.29) is 5.56 Å². The number of carbonyl (C=O) groups is 1. The summed E-state index contributed by atoms with van der Waals surface area (Å²) in [6.07, 6.45) is 0. The summed E-state index contributed by atoms with van der Waals surface area (Å²) in [6.45, 7) is 4.82. The first-order valence-electron chi connectivity index (χ1n) is 6.76. The first-order chi connectivity index (χ1) is 10.3. The van der Waals surface area contributed by atoms with Crippen molar-refractivity contribution in [2.45, 2.75) is 26.3 Å². The maximum Gasteiger partial charge on any atom is 0.329 e. The van der Waals surface area contributed by atoms with Crippen LogP contribution < -0.4 is 5.56 Å². The summed E-state index contributed by atoms with van der Waals surface area (Å²) < 4.78 is 1.17. The molecule has 0 unspecified atom stereocenters. The number of hydrogen-bond donors (Lipinski definition) is 1. The predicted molar refractivity (Wildman–Crippen MR) is 82.5 cm³/mol. The van der Waals surface area contributed by atoms with Crippen molar-refractivity contribution < 1.29 is 9.90 Å². The topological polar surface area (TPSA) is 83.1 Å². The van der Waals surface area contributed by atoms with E-state index in [2.05, 4.69) is 0 Å². The fourth-order valence-electron chi connectivity index (χ4n) is 2.22. The standard InChI is InChI=1S/C17H16N2O3/c1-11-4-6-12(7-5-11)14-9-8-13(10-18)15(20)19(14)17(2,3)16(21)22/h4-9H,1-3H3,(H,21,22). The van der Waals surface area contributed by atoms with Gasteiger partial charge in [-0.1, -0.05) is 29.8 Å². The van der Waals surface area contributed by atoms with Gasteiger partial charge in [0.25, 0.3) is 5.56 Å². The second kappa shape index (κ2) is 5.49. The Bertz CT molecular complexity index is 824. The summed E-state index contributed by atoms with van der Waals surface area (Å²) in [7, 11) is 0. The fraction of sp³-hybridized carbons (Fsp3) is 0.235. The van der Waals surface area contributed by atoms with Gasteiger partial charge in [0.1, 0.15) is 17.2 Å². The van der Waals surface area contributed by atoms with Gasteiger partial charge in [0.05, 0.1) is 5.69 Å². The van der Waals surface area contributed by atoms with Crippen LogP contribution in [-0.2, 0) is 10.3 Å². The van der Waals surface area contributed by atoms with Gasteiger partial charge in [-0.15, -0.1) is 0 Å². The van der Waals surface area contributed by atoms with Crippen molar-refractivity contribution in [1.82, 2.24) is 4.57 Å². The molecular weight excluding hydrogens is 280 g/mol. The number of carboxylic acids is 1. The Morgan fingerprint density at radius 2 is 1.77 bits per heavy atom. The summed E-state index contributed by atoms with van der Waals surface area (Å²) >= 11 is 0. The van der Waals surface area contributed by atoms with E-state index in [4.69, 9.17) is 5.26 Å². The first kappa shape index (κ1) is 15.5. The number of carboxylic acid groups (broad SMARTS) is 1. The van der Waals surface area contributed by atoms with Crippen LogP contribution in [0.15, 0.2) is 41.2 Å². The average molecular weight is 296 g/mol. The van der Waals surface area contributed by atoms with Gasteiger partial charge in [0.15, 0.2) is 0 Å². The number of benzene rings is 1. The number of aryl methyl sites for hydroxylation is 1. The molecule has 22 heavy (non-hydrogen) atoms. The molecule has 1 N–H and O–H groups in total. The van der Waals surface area contributed by atoms with Gasteiger partial charge in [-0.2, -0.15) is 5.26 Å². The minimum absolute atomic E-state index is 0.0785. The van der Waals surface area contributed by atoms with Crippen molar-refractivity contribution in [3.05, 3.63) is 57.9 Å². The van der Waals surface area contributed by atoms with Gasteiger partial charge in [-0.25, -0.2) is 4.79 Å². The molecular formula is C17H16N2O3. The lowest BCUT2D eigenvalue weighted by molar-refractivity contribution is -0.145. The second-order valence-electron chi connectivity index (χ2n) is 5.61. The van der Waals surface area contributed by atoms with Gasteiger partial charge >= 0.3 is 5.97 Å². The van der Waals surface area contributed by atoms with Crippen LogP contribution in [0.25, 0.3) is 11.3 Å².